The van der Waals surface area contributed by atoms with Crippen LogP contribution in [0.25, 0.3) is 21.8 Å². The van der Waals surface area contributed by atoms with Gasteiger partial charge in [0.25, 0.3) is 0 Å². The third-order valence-electron chi connectivity index (χ3n) is 8.03. The van der Waals surface area contributed by atoms with Gasteiger partial charge in [0, 0.05) is 54.5 Å². The Bertz CT molecular complexity index is 1540. The minimum absolute atomic E-state index is 0.894. The first kappa shape index (κ1) is 28.6. The van der Waals surface area contributed by atoms with Crippen LogP contribution in [-0.4, -0.2) is 18.1 Å². The number of anilines is 2. The number of nitrogens with one attached hydrogen (secondary N) is 2. The van der Waals surface area contributed by atoms with E-state index in [1.54, 1.807) is 0 Å². The number of rotatable bonds is 15. The average Bonchev–Trinajstić information content (AvgIpc) is 2.99. The maximum atomic E-state index is 4.64. The molecule has 0 bridgehead atoms. The first-order valence-electron chi connectivity index (χ1n) is 15.5. The zero-order valence-electron chi connectivity index (χ0n) is 24.8. The number of hydrogen-bond acceptors (Lipinski definition) is 3. The molecule has 2 aromatic heterocycles. The first-order valence-corrected chi connectivity index (χ1v) is 15.5. The summed E-state index contributed by atoms with van der Waals surface area (Å²) in [7, 11) is 0. The molecule has 0 unspecified atom stereocenters. The van der Waals surface area contributed by atoms with E-state index >= 15 is 0 Å². The minimum atomic E-state index is 0.894. The number of aryl methyl sites for hydroxylation is 2. The Kier molecular flexibility index (Phi) is 10.2. The number of hydrogen-bond donors (Lipinski definition) is 2. The van der Waals surface area contributed by atoms with E-state index in [9.17, 15) is 0 Å². The van der Waals surface area contributed by atoms with Gasteiger partial charge < -0.3 is 10.6 Å². The minimum Gasteiger partial charge on any atom is -0.384 e. The maximum absolute atomic E-state index is 4.64. The average molecular weight is 546 g/mol. The lowest BCUT2D eigenvalue weighted by molar-refractivity contribution is -0.668. The molecule has 0 aliphatic heterocycles. The summed E-state index contributed by atoms with van der Waals surface area (Å²) in [6.07, 6.45) is 10.4. The molecule has 0 spiro atoms. The molecular weight excluding hydrogens is 500 g/mol. The lowest BCUT2D eigenvalue weighted by atomic mass is 10.1. The van der Waals surface area contributed by atoms with Gasteiger partial charge >= 0.3 is 0 Å². The highest BCUT2D eigenvalue weighted by Crippen LogP contribution is 2.24. The van der Waals surface area contributed by atoms with E-state index in [2.05, 4.69) is 125 Å². The Balaban J connectivity index is 0.978. The van der Waals surface area contributed by atoms with Gasteiger partial charge in [-0.15, -0.1) is 0 Å². The predicted octanol–water partition coefficient (Wildman–Crippen LogP) is 8.99. The number of pyridine rings is 2. The van der Waals surface area contributed by atoms with E-state index in [0.29, 0.717) is 0 Å². The van der Waals surface area contributed by atoms with Crippen LogP contribution < -0.4 is 15.2 Å². The Hall–Kier alpha value is -3.92. The highest BCUT2D eigenvalue weighted by atomic mass is 15.0. The van der Waals surface area contributed by atoms with Gasteiger partial charge in [0.1, 0.15) is 0 Å². The SMILES string of the molecule is Cc1cc(NCCCCCCCCCCNc2cc(C)[n+](Cc3ccccc3)c3ccccc23)c2ccccc2n1. The van der Waals surface area contributed by atoms with Crippen molar-refractivity contribution >= 4 is 33.2 Å². The van der Waals surface area contributed by atoms with Gasteiger partial charge in [0.2, 0.25) is 5.52 Å². The molecule has 4 nitrogen and oxygen atoms in total. The molecule has 0 amide bonds. The van der Waals surface area contributed by atoms with E-state index in [1.807, 2.05) is 0 Å². The summed E-state index contributed by atoms with van der Waals surface area (Å²) in [5.41, 5.74) is 8.52. The van der Waals surface area contributed by atoms with Gasteiger partial charge in [-0.25, -0.2) is 0 Å². The second-order valence-corrected chi connectivity index (χ2v) is 11.3. The zero-order chi connectivity index (χ0) is 28.3. The molecule has 2 heterocycles. The number of para-hydroxylation sites is 2. The van der Waals surface area contributed by atoms with Crippen LogP contribution in [0.1, 0.15) is 68.3 Å². The molecule has 4 heteroatoms. The molecule has 0 aliphatic carbocycles. The largest absolute Gasteiger partial charge is 0.384 e. The van der Waals surface area contributed by atoms with E-state index in [0.717, 1.165) is 30.8 Å². The third-order valence-corrected chi connectivity index (χ3v) is 8.03. The first-order chi connectivity index (χ1) is 20.2. The molecule has 5 aromatic rings. The van der Waals surface area contributed by atoms with E-state index < -0.39 is 0 Å². The topological polar surface area (TPSA) is 40.8 Å². The monoisotopic (exact) mass is 545 g/mol. The molecular formula is C37H45N4+. The number of benzene rings is 3. The molecule has 0 fully saturated rings. The van der Waals surface area contributed by atoms with E-state index in [1.165, 1.54) is 90.3 Å². The molecule has 0 saturated carbocycles. The lowest BCUT2D eigenvalue weighted by Crippen LogP contribution is -2.38. The van der Waals surface area contributed by atoms with E-state index in [4.69, 9.17) is 0 Å². The van der Waals surface area contributed by atoms with Gasteiger partial charge in [-0.3, -0.25) is 4.98 Å². The van der Waals surface area contributed by atoms with Crippen molar-refractivity contribution in [2.75, 3.05) is 23.7 Å². The van der Waals surface area contributed by atoms with Gasteiger partial charge in [0.15, 0.2) is 12.2 Å². The summed E-state index contributed by atoms with van der Waals surface area (Å²) >= 11 is 0. The van der Waals surface area contributed by atoms with Crippen LogP contribution in [0, 0.1) is 13.8 Å². The Labute approximate surface area is 245 Å². The molecule has 0 aliphatic rings. The second kappa shape index (κ2) is 14.6. The molecule has 0 saturated heterocycles. The summed E-state index contributed by atoms with van der Waals surface area (Å²) in [6, 6.07) is 32.4. The molecule has 212 valence electrons. The van der Waals surface area contributed by atoms with Crippen molar-refractivity contribution in [3.63, 3.8) is 0 Å². The second-order valence-electron chi connectivity index (χ2n) is 11.3. The van der Waals surface area contributed by atoms with Crippen molar-refractivity contribution in [2.45, 2.75) is 71.8 Å². The Morgan fingerprint density at radius 1 is 0.585 bits per heavy atom. The summed E-state index contributed by atoms with van der Waals surface area (Å²) in [5.74, 6) is 0. The van der Waals surface area contributed by atoms with Crippen molar-refractivity contribution < 1.29 is 4.57 Å². The van der Waals surface area contributed by atoms with Crippen molar-refractivity contribution in [3.05, 3.63) is 108 Å². The fourth-order valence-electron chi connectivity index (χ4n) is 5.82. The summed E-state index contributed by atoms with van der Waals surface area (Å²) in [6.45, 7) is 7.24. The summed E-state index contributed by atoms with van der Waals surface area (Å²) in [5, 5.41) is 9.91. The Morgan fingerprint density at radius 3 is 1.85 bits per heavy atom. The van der Waals surface area contributed by atoms with Gasteiger partial charge in [-0.1, -0.05) is 99.2 Å². The standard InChI is InChI=1S/C37H44N4/c1-29-26-35(32-20-12-14-22-34(32)40-29)38-24-16-7-5-3-4-6-8-17-25-39-36-27-30(2)41(28-31-18-10-9-11-19-31)37-23-15-13-21-33(36)37/h9-15,18-23,26-27H,3-8,16-17,24-25,28H2,1-2H3,(H,38,40)/p+1. The fourth-order valence-corrected chi connectivity index (χ4v) is 5.82. The highest BCUT2D eigenvalue weighted by molar-refractivity contribution is 5.91. The van der Waals surface area contributed by atoms with Crippen molar-refractivity contribution in [2.24, 2.45) is 0 Å². The predicted molar refractivity (Wildman–Crippen MR) is 175 cm³/mol. The fraction of sp³-hybridized carbons (Fsp3) is 0.351. The summed E-state index contributed by atoms with van der Waals surface area (Å²) < 4.78 is 2.42. The molecule has 3 aromatic carbocycles. The van der Waals surface area contributed by atoms with Crippen LogP contribution in [0.2, 0.25) is 0 Å². The van der Waals surface area contributed by atoms with Gasteiger partial charge in [-0.05, 0) is 38.0 Å². The quantitative estimate of drug-likeness (QED) is 0.102. The normalized spacial score (nSPS) is 11.3. The molecule has 0 atom stereocenters. The number of fused-ring (bicyclic) bond motifs is 2. The van der Waals surface area contributed by atoms with Crippen LogP contribution in [-0.2, 0) is 6.54 Å². The zero-order valence-corrected chi connectivity index (χ0v) is 24.8. The third kappa shape index (κ3) is 7.85. The van der Waals surface area contributed by atoms with Gasteiger partial charge in [-0.2, -0.15) is 4.57 Å². The van der Waals surface area contributed by atoms with Gasteiger partial charge in [0.05, 0.1) is 16.6 Å². The van der Waals surface area contributed by atoms with Crippen molar-refractivity contribution in [1.82, 2.24) is 4.98 Å². The van der Waals surface area contributed by atoms with Crippen LogP contribution in [0.15, 0.2) is 91.0 Å². The molecule has 41 heavy (non-hydrogen) atoms. The maximum Gasteiger partial charge on any atom is 0.215 e. The lowest BCUT2D eigenvalue weighted by Gasteiger charge is -2.12. The number of unbranched alkanes of at least 4 members (excludes halogenated alkanes) is 7. The van der Waals surface area contributed by atoms with Crippen LogP contribution in [0.4, 0.5) is 11.4 Å². The number of aromatic nitrogens is 2. The van der Waals surface area contributed by atoms with E-state index in [-0.39, 0.29) is 0 Å². The molecule has 2 N–H and O–H groups in total. The number of nitrogens with zero attached hydrogens (tertiary/aromatic N) is 2. The van der Waals surface area contributed by atoms with Crippen LogP contribution in [0.3, 0.4) is 0 Å². The highest BCUT2D eigenvalue weighted by Gasteiger charge is 2.16. The summed E-state index contributed by atoms with van der Waals surface area (Å²) in [4.78, 5) is 4.64. The van der Waals surface area contributed by atoms with Crippen molar-refractivity contribution in [1.29, 1.82) is 0 Å². The van der Waals surface area contributed by atoms with Crippen LogP contribution in [0.5, 0.6) is 0 Å². The molecule has 5 rings (SSSR count). The Morgan fingerprint density at radius 2 is 1.15 bits per heavy atom. The van der Waals surface area contributed by atoms with Crippen LogP contribution >= 0.6 is 0 Å². The van der Waals surface area contributed by atoms with Crippen molar-refractivity contribution in [3.8, 4) is 0 Å². The smallest absolute Gasteiger partial charge is 0.215 e. The molecule has 0 radical (unpaired) electrons.